The molecule has 1 aromatic rings. The molecule has 0 bridgehead atoms. The van der Waals surface area contributed by atoms with Crippen LogP contribution in [0.5, 0.6) is 0 Å². The van der Waals surface area contributed by atoms with Gasteiger partial charge in [0.15, 0.2) is 0 Å². The molecule has 1 saturated carbocycles. The van der Waals surface area contributed by atoms with Crippen LogP contribution in [-0.4, -0.2) is 46.7 Å². The van der Waals surface area contributed by atoms with Crippen molar-refractivity contribution in [3.05, 3.63) is 17.5 Å². The maximum Gasteiger partial charge on any atom is 0.317 e. The van der Waals surface area contributed by atoms with Crippen LogP contribution in [0.15, 0.2) is 6.20 Å². The van der Waals surface area contributed by atoms with Gasteiger partial charge in [-0.1, -0.05) is 0 Å². The summed E-state index contributed by atoms with van der Waals surface area (Å²) in [7, 11) is 0. The van der Waals surface area contributed by atoms with Gasteiger partial charge in [0.25, 0.3) is 0 Å². The molecule has 2 atom stereocenters. The first-order chi connectivity index (χ1) is 12.2. The smallest absolute Gasteiger partial charge is 0.317 e. The van der Waals surface area contributed by atoms with E-state index in [1.54, 1.807) is 4.90 Å². The fourth-order valence-corrected chi connectivity index (χ4v) is 3.93. The topological polar surface area (TPSA) is 90.1 Å². The summed E-state index contributed by atoms with van der Waals surface area (Å²) >= 11 is 0. The van der Waals surface area contributed by atoms with Crippen molar-refractivity contribution in [1.29, 1.82) is 0 Å². The fourth-order valence-electron chi connectivity index (χ4n) is 3.93. The number of piperidine rings is 1. The number of nitrogens with one attached hydrogen (secondary N) is 3. The van der Waals surface area contributed by atoms with Crippen molar-refractivity contribution in [2.45, 2.75) is 51.0 Å². The van der Waals surface area contributed by atoms with Crippen LogP contribution < -0.4 is 10.6 Å². The van der Waals surface area contributed by atoms with Crippen molar-refractivity contribution < 1.29 is 9.59 Å². The van der Waals surface area contributed by atoms with E-state index in [0.717, 1.165) is 50.9 Å². The number of likely N-dealkylation sites (tertiary alicyclic amines) is 1. The third-order valence-corrected chi connectivity index (χ3v) is 5.68. The number of aromatic nitrogens is 2. The van der Waals surface area contributed by atoms with E-state index in [0.29, 0.717) is 12.5 Å². The Labute approximate surface area is 147 Å². The van der Waals surface area contributed by atoms with Crippen LogP contribution in [0.2, 0.25) is 0 Å². The number of aromatic amines is 1. The lowest BCUT2D eigenvalue weighted by Crippen LogP contribution is -2.50. The minimum atomic E-state index is -0.0766. The van der Waals surface area contributed by atoms with Gasteiger partial charge in [0, 0.05) is 19.6 Å². The number of rotatable bonds is 4. The van der Waals surface area contributed by atoms with E-state index >= 15 is 0 Å². The molecule has 7 nitrogen and oxygen atoms in total. The highest BCUT2D eigenvalue weighted by molar-refractivity contribution is 5.81. The van der Waals surface area contributed by atoms with E-state index in [1.165, 1.54) is 18.4 Å². The average molecular weight is 345 g/mol. The highest BCUT2D eigenvalue weighted by atomic mass is 16.2. The van der Waals surface area contributed by atoms with Gasteiger partial charge in [0.05, 0.1) is 23.9 Å². The number of carbonyl (C=O) groups is 2. The van der Waals surface area contributed by atoms with E-state index in [2.05, 4.69) is 20.8 Å². The van der Waals surface area contributed by atoms with Crippen LogP contribution in [0.3, 0.4) is 0 Å². The molecule has 7 heteroatoms. The quantitative estimate of drug-likeness (QED) is 0.776. The monoisotopic (exact) mass is 345 g/mol. The molecule has 4 rings (SSSR count). The first-order valence-corrected chi connectivity index (χ1v) is 9.56. The Kier molecular flexibility index (Phi) is 4.63. The van der Waals surface area contributed by atoms with Gasteiger partial charge in [-0.3, -0.25) is 9.89 Å². The van der Waals surface area contributed by atoms with Gasteiger partial charge in [-0.15, -0.1) is 0 Å². The molecule has 0 spiro atoms. The zero-order valence-electron chi connectivity index (χ0n) is 14.6. The molecule has 2 aliphatic carbocycles. The van der Waals surface area contributed by atoms with E-state index in [1.807, 2.05) is 6.20 Å². The van der Waals surface area contributed by atoms with E-state index in [4.69, 9.17) is 0 Å². The van der Waals surface area contributed by atoms with Crippen molar-refractivity contribution in [2.24, 2.45) is 11.8 Å². The fraction of sp³-hybridized carbons (Fsp3) is 0.722. The van der Waals surface area contributed by atoms with Gasteiger partial charge in [0.1, 0.15) is 0 Å². The molecule has 3 aliphatic rings. The molecule has 2 fully saturated rings. The number of fused-ring (bicyclic) bond motifs is 1. The van der Waals surface area contributed by atoms with Gasteiger partial charge < -0.3 is 15.5 Å². The summed E-state index contributed by atoms with van der Waals surface area (Å²) in [6.07, 6.45) is 9.08. The van der Waals surface area contributed by atoms with Gasteiger partial charge in [-0.25, -0.2) is 4.79 Å². The van der Waals surface area contributed by atoms with Gasteiger partial charge in [-0.2, -0.15) is 5.10 Å². The number of aryl methyl sites for hydroxylation is 1. The Morgan fingerprint density at radius 3 is 2.96 bits per heavy atom. The zero-order chi connectivity index (χ0) is 17.2. The highest BCUT2D eigenvalue weighted by Crippen LogP contribution is 2.29. The molecular formula is C18H27N5O2. The molecule has 1 aliphatic heterocycles. The summed E-state index contributed by atoms with van der Waals surface area (Å²) in [5.74, 6) is 0.715. The molecule has 25 heavy (non-hydrogen) atoms. The molecule has 3 amide bonds. The summed E-state index contributed by atoms with van der Waals surface area (Å²) in [6.45, 7) is 2.04. The SMILES string of the molecule is O=C(NCC1CC1)[C@@H]1CCCN(C(=O)N[C@H]2CCCc3cn[nH]c32)C1. The van der Waals surface area contributed by atoms with Crippen molar-refractivity contribution in [1.82, 2.24) is 25.7 Å². The predicted octanol–water partition coefficient (Wildman–Crippen LogP) is 1.73. The first-order valence-electron chi connectivity index (χ1n) is 9.56. The van der Waals surface area contributed by atoms with Crippen molar-refractivity contribution >= 4 is 11.9 Å². The molecule has 3 N–H and O–H groups in total. The third kappa shape index (κ3) is 3.80. The Hall–Kier alpha value is -2.05. The van der Waals surface area contributed by atoms with Crippen LogP contribution in [-0.2, 0) is 11.2 Å². The largest absolute Gasteiger partial charge is 0.356 e. The lowest BCUT2D eigenvalue weighted by molar-refractivity contribution is -0.126. The molecule has 136 valence electrons. The summed E-state index contributed by atoms with van der Waals surface area (Å²) in [5, 5.41) is 13.3. The lowest BCUT2D eigenvalue weighted by Gasteiger charge is -2.34. The van der Waals surface area contributed by atoms with Gasteiger partial charge in [-0.05, 0) is 56.4 Å². The van der Waals surface area contributed by atoms with Crippen LogP contribution in [0.1, 0.15) is 55.8 Å². The number of urea groups is 1. The Morgan fingerprint density at radius 1 is 1.24 bits per heavy atom. The van der Waals surface area contributed by atoms with E-state index < -0.39 is 0 Å². The minimum absolute atomic E-state index is 0.00261. The molecular weight excluding hydrogens is 318 g/mol. The minimum Gasteiger partial charge on any atom is -0.356 e. The Morgan fingerprint density at radius 2 is 2.12 bits per heavy atom. The summed E-state index contributed by atoms with van der Waals surface area (Å²) in [4.78, 5) is 26.8. The number of nitrogens with zero attached hydrogens (tertiary/aromatic N) is 2. The molecule has 2 heterocycles. The van der Waals surface area contributed by atoms with E-state index in [-0.39, 0.29) is 23.9 Å². The lowest BCUT2D eigenvalue weighted by atomic mass is 9.93. The van der Waals surface area contributed by atoms with Crippen molar-refractivity contribution in [3.8, 4) is 0 Å². The highest BCUT2D eigenvalue weighted by Gasteiger charge is 2.31. The normalized spacial score (nSPS) is 26.0. The second kappa shape index (κ2) is 7.06. The molecule has 1 aromatic heterocycles. The van der Waals surface area contributed by atoms with Crippen LogP contribution in [0, 0.1) is 11.8 Å². The van der Waals surface area contributed by atoms with Crippen LogP contribution >= 0.6 is 0 Å². The standard InChI is InChI=1S/C18H27N5O2/c24-17(19-9-12-6-7-12)14-4-2-8-23(11-14)18(25)21-15-5-1-3-13-10-20-22-16(13)15/h10,12,14-15H,1-9,11H2,(H,19,24)(H,20,22)(H,21,25)/t14-,15+/m1/s1. The average Bonchev–Trinajstić information content (AvgIpc) is 3.34. The van der Waals surface area contributed by atoms with Crippen LogP contribution in [0.25, 0.3) is 0 Å². The number of hydrogen-bond acceptors (Lipinski definition) is 3. The molecule has 0 aromatic carbocycles. The summed E-state index contributed by atoms with van der Waals surface area (Å²) in [5.41, 5.74) is 2.24. The summed E-state index contributed by atoms with van der Waals surface area (Å²) < 4.78 is 0. The second-order valence-corrected chi connectivity index (χ2v) is 7.68. The number of H-pyrrole nitrogens is 1. The number of amides is 3. The maximum absolute atomic E-state index is 12.7. The molecule has 0 radical (unpaired) electrons. The summed E-state index contributed by atoms with van der Waals surface area (Å²) in [6, 6.07) is -0.0602. The molecule has 0 unspecified atom stereocenters. The van der Waals surface area contributed by atoms with Gasteiger partial charge in [0.2, 0.25) is 5.91 Å². The number of carbonyl (C=O) groups excluding carboxylic acids is 2. The number of hydrogen-bond donors (Lipinski definition) is 3. The van der Waals surface area contributed by atoms with Gasteiger partial charge >= 0.3 is 6.03 Å². The maximum atomic E-state index is 12.7. The van der Waals surface area contributed by atoms with Crippen molar-refractivity contribution in [2.75, 3.05) is 19.6 Å². The third-order valence-electron chi connectivity index (χ3n) is 5.68. The second-order valence-electron chi connectivity index (χ2n) is 7.68. The Bertz CT molecular complexity index is 639. The van der Waals surface area contributed by atoms with Crippen LogP contribution in [0.4, 0.5) is 4.79 Å². The van der Waals surface area contributed by atoms with Crippen molar-refractivity contribution in [3.63, 3.8) is 0 Å². The predicted molar refractivity (Wildman–Crippen MR) is 92.8 cm³/mol. The first kappa shape index (κ1) is 16.4. The molecule has 1 saturated heterocycles. The Balaban J connectivity index is 1.32. The van der Waals surface area contributed by atoms with E-state index in [9.17, 15) is 9.59 Å². The zero-order valence-corrected chi connectivity index (χ0v) is 14.6.